The van der Waals surface area contributed by atoms with Gasteiger partial charge in [0.15, 0.2) is 0 Å². The van der Waals surface area contributed by atoms with Gasteiger partial charge < -0.3 is 9.47 Å². The standard InChI is InChI=1S/C42H38O4/c1-3-41(43)45-26-7-5-6-11-31-18-22-33(23-19-31)35-12-8-14-37(27-35)39-16-10-17-40(29-39)38-15-9-13-36(28-38)34-24-20-32(21-25-34)30-46-42(44)4-2/h3-4,8-10,12-25,27-29H,1-2,5-7,11,26,30H2. The molecule has 0 aliphatic carbocycles. The van der Waals surface area contributed by atoms with Crippen LogP contribution in [0, 0.1) is 0 Å². The normalized spacial score (nSPS) is 10.6. The third-order valence-electron chi connectivity index (χ3n) is 7.90. The van der Waals surface area contributed by atoms with Crippen LogP contribution in [-0.2, 0) is 32.1 Å². The molecule has 5 aromatic rings. The van der Waals surface area contributed by atoms with Gasteiger partial charge in [-0.2, -0.15) is 0 Å². The van der Waals surface area contributed by atoms with Crippen molar-refractivity contribution in [1.29, 1.82) is 0 Å². The number of hydrogen-bond donors (Lipinski definition) is 0. The smallest absolute Gasteiger partial charge is 0.330 e. The maximum Gasteiger partial charge on any atom is 0.330 e. The maximum absolute atomic E-state index is 11.4. The number of ether oxygens (including phenoxy) is 2. The molecule has 0 aromatic heterocycles. The molecule has 0 heterocycles. The van der Waals surface area contributed by atoms with Crippen LogP contribution in [0.25, 0.3) is 44.5 Å². The van der Waals surface area contributed by atoms with Crippen molar-refractivity contribution in [3.8, 4) is 44.5 Å². The van der Waals surface area contributed by atoms with Crippen LogP contribution < -0.4 is 0 Å². The predicted octanol–water partition coefficient (Wildman–Crippen LogP) is 10.0. The molecular weight excluding hydrogens is 568 g/mol. The monoisotopic (exact) mass is 606 g/mol. The molecule has 230 valence electrons. The molecule has 0 radical (unpaired) electrons. The molecule has 0 unspecified atom stereocenters. The summed E-state index contributed by atoms with van der Waals surface area (Å²) >= 11 is 0. The van der Waals surface area contributed by atoms with Gasteiger partial charge in [-0.3, -0.25) is 0 Å². The molecule has 0 saturated heterocycles. The first kappa shape index (κ1) is 31.9. The number of hydrogen-bond acceptors (Lipinski definition) is 4. The van der Waals surface area contributed by atoms with Gasteiger partial charge in [-0.1, -0.05) is 116 Å². The second kappa shape index (κ2) is 16.0. The quantitative estimate of drug-likeness (QED) is 0.0717. The number of unbranched alkanes of at least 4 members (excludes halogenated alkanes) is 2. The highest BCUT2D eigenvalue weighted by atomic mass is 16.5. The molecule has 0 amide bonds. The van der Waals surface area contributed by atoms with E-state index in [1.54, 1.807) is 0 Å². The molecule has 0 atom stereocenters. The molecule has 5 rings (SSSR count). The Kier molecular flexibility index (Phi) is 11.1. The van der Waals surface area contributed by atoms with Gasteiger partial charge in [0.2, 0.25) is 0 Å². The largest absolute Gasteiger partial charge is 0.463 e. The lowest BCUT2D eigenvalue weighted by Gasteiger charge is -2.11. The Morgan fingerprint density at radius 3 is 1.35 bits per heavy atom. The Bertz CT molecular complexity index is 1800. The van der Waals surface area contributed by atoms with Crippen molar-refractivity contribution in [2.45, 2.75) is 32.3 Å². The fourth-order valence-electron chi connectivity index (χ4n) is 5.35. The zero-order valence-electron chi connectivity index (χ0n) is 26.0. The van der Waals surface area contributed by atoms with Crippen LogP contribution in [-0.4, -0.2) is 18.5 Å². The van der Waals surface area contributed by atoms with E-state index in [9.17, 15) is 9.59 Å². The fraction of sp³-hybridized carbons (Fsp3) is 0.143. The lowest BCUT2D eigenvalue weighted by Crippen LogP contribution is -2.01. The predicted molar refractivity (Wildman–Crippen MR) is 187 cm³/mol. The van der Waals surface area contributed by atoms with E-state index in [2.05, 4.69) is 122 Å². The van der Waals surface area contributed by atoms with Crippen LogP contribution >= 0.6 is 0 Å². The Balaban J connectivity index is 1.24. The van der Waals surface area contributed by atoms with Gasteiger partial charge in [0.25, 0.3) is 0 Å². The van der Waals surface area contributed by atoms with Crippen LogP contribution in [0.5, 0.6) is 0 Å². The van der Waals surface area contributed by atoms with Crippen LogP contribution in [0.1, 0.15) is 30.4 Å². The molecule has 0 aliphatic rings. The summed E-state index contributed by atoms with van der Waals surface area (Å²) in [6, 6.07) is 42.8. The average Bonchev–Trinajstić information content (AvgIpc) is 3.12. The molecule has 0 N–H and O–H groups in total. The van der Waals surface area contributed by atoms with E-state index in [-0.39, 0.29) is 12.6 Å². The molecule has 4 heteroatoms. The zero-order valence-corrected chi connectivity index (χ0v) is 26.0. The van der Waals surface area contributed by atoms with E-state index < -0.39 is 5.97 Å². The lowest BCUT2D eigenvalue weighted by atomic mass is 9.94. The molecule has 4 nitrogen and oxygen atoms in total. The highest BCUT2D eigenvalue weighted by Gasteiger charge is 2.07. The number of carbonyl (C=O) groups is 2. The number of aryl methyl sites for hydroxylation is 1. The summed E-state index contributed by atoms with van der Waals surface area (Å²) < 4.78 is 10.2. The van der Waals surface area contributed by atoms with E-state index in [1.807, 2.05) is 12.1 Å². The zero-order chi connectivity index (χ0) is 32.1. The Morgan fingerprint density at radius 2 is 0.891 bits per heavy atom. The Hall–Kier alpha value is -5.48. The number of carbonyl (C=O) groups excluding carboxylic acids is 2. The van der Waals surface area contributed by atoms with Gasteiger partial charge in [-0.15, -0.1) is 0 Å². The number of rotatable bonds is 14. The van der Waals surface area contributed by atoms with Gasteiger partial charge in [-0.25, -0.2) is 9.59 Å². The van der Waals surface area contributed by atoms with Gasteiger partial charge in [0, 0.05) is 12.2 Å². The van der Waals surface area contributed by atoms with Crippen LogP contribution in [0.3, 0.4) is 0 Å². The van der Waals surface area contributed by atoms with E-state index in [0.29, 0.717) is 6.61 Å². The van der Waals surface area contributed by atoms with E-state index in [1.165, 1.54) is 40.0 Å². The first-order chi connectivity index (χ1) is 22.5. The van der Waals surface area contributed by atoms with Crippen molar-refractivity contribution >= 4 is 11.9 Å². The number of esters is 2. The molecule has 5 aromatic carbocycles. The minimum absolute atomic E-state index is 0.226. The second-order valence-corrected chi connectivity index (χ2v) is 11.1. The van der Waals surface area contributed by atoms with Gasteiger partial charge in [0.1, 0.15) is 6.61 Å². The lowest BCUT2D eigenvalue weighted by molar-refractivity contribution is -0.139. The molecular formula is C42H38O4. The summed E-state index contributed by atoms with van der Waals surface area (Å²) in [5.41, 5.74) is 11.5. The van der Waals surface area contributed by atoms with Gasteiger partial charge >= 0.3 is 11.9 Å². The van der Waals surface area contributed by atoms with E-state index in [4.69, 9.17) is 9.47 Å². The Morgan fingerprint density at radius 1 is 0.478 bits per heavy atom. The van der Waals surface area contributed by atoms with E-state index >= 15 is 0 Å². The van der Waals surface area contributed by atoms with Crippen molar-refractivity contribution < 1.29 is 19.1 Å². The van der Waals surface area contributed by atoms with Crippen molar-refractivity contribution in [3.63, 3.8) is 0 Å². The topological polar surface area (TPSA) is 52.6 Å². The van der Waals surface area contributed by atoms with E-state index in [0.717, 1.165) is 53.5 Å². The van der Waals surface area contributed by atoms with Crippen molar-refractivity contribution in [2.24, 2.45) is 0 Å². The first-order valence-corrected chi connectivity index (χ1v) is 15.6. The summed E-state index contributed by atoms with van der Waals surface area (Å²) in [6.45, 7) is 7.52. The van der Waals surface area contributed by atoms with Gasteiger partial charge in [-0.05, 0) is 99.5 Å². The summed E-state index contributed by atoms with van der Waals surface area (Å²) in [6.07, 6.45) is 6.31. The van der Waals surface area contributed by atoms with Crippen molar-refractivity contribution in [2.75, 3.05) is 6.61 Å². The minimum Gasteiger partial charge on any atom is -0.463 e. The summed E-state index contributed by atoms with van der Waals surface area (Å²) in [4.78, 5) is 22.5. The molecule has 46 heavy (non-hydrogen) atoms. The molecule has 0 saturated carbocycles. The summed E-state index contributed by atoms with van der Waals surface area (Å²) in [5, 5.41) is 0. The maximum atomic E-state index is 11.4. The second-order valence-electron chi connectivity index (χ2n) is 11.1. The first-order valence-electron chi connectivity index (χ1n) is 15.6. The van der Waals surface area contributed by atoms with Crippen molar-refractivity contribution in [3.05, 3.63) is 158 Å². The highest BCUT2D eigenvalue weighted by molar-refractivity contribution is 5.82. The molecule has 0 spiro atoms. The average molecular weight is 607 g/mol. The number of benzene rings is 5. The van der Waals surface area contributed by atoms with Crippen molar-refractivity contribution in [1.82, 2.24) is 0 Å². The molecule has 0 aliphatic heterocycles. The fourth-order valence-corrected chi connectivity index (χ4v) is 5.35. The van der Waals surface area contributed by atoms with Crippen LogP contribution in [0.15, 0.2) is 147 Å². The third kappa shape index (κ3) is 8.80. The van der Waals surface area contributed by atoms with Crippen LogP contribution in [0.2, 0.25) is 0 Å². The van der Waals surface area contributed by atoms with Gasteiger partial charge in [0.05, 0.1) is 6.61 Å². The van der Waals surface area contributed by atoms with Crippen LogP contribution in [0.4, 0.5) is 0 Å². The SMILES string of the molecule is C=CC(=O)OCCCCCc1ccc(-c2cccc(-c3cccc(-c4cccc(-c5ccc(COC(=O)C=C)cc5)c4)c3)c2)cc1. The molecule has 0 fully saturated rings. The summed E-state index contributed by atoms with van der Waals surface area (Å²) in [7, 11) is 0. The minimum atomic E-state index is -0.425. The third-order valence-corrected chi connectivity index (χ3v) is 7.90. The highest BCUT2D eigenvalue weighted by Crippen LogP contribution is 2.32. The Labute approximate surface area is 271 Å². The summed E-state index contributed by atoms with van der Waals surface area (Å²) in [5.74, 6) is -0.782. The molecule has 0 bridgehead atoms.